The number of pyridine rings is 2. The van der Waals surface area contributed by atoms with Gasteiger partial charge in [0.15, 0.2) is 0 Å². The molecule has 0 fully saturated rings. The van der Waals surface area contributed by atoms with Crippen LogP contribution in [0.1, 0.15) is 11.1 Å². The molecule has 0 spiro atoms. The van der Waals surface area contributed by atoms with Crippen molar-refractivity contribution in [1.29, 1.82) is 0 Å². The molecule has 3 nitrogen and oxygen atoms in total. The van der Waals surface area contributed by atoms with Gasteiger partial charge in [-0.15, -0.1) is 0 Å². The molecule has 2 heterocycles. The lowest BCUT2D eigenvalue weighted by molar-refractivity contribution is 0.394. The van der Waals surface area contributed by atoms with Crippen LogP contribution in [-0.4, -0.2) is 17.1 Å². The molecule has 0 saturated carbocycles. The SMILES string of the molecule is COc1ncc(-c2ncccc2C)cc1C. The fourth-order valence-electron chi connectivity index (χ4n) is 1.69. The molecule has 0 saturated heterocycles. The van der Waals surface area contributed by atoms with Crippen LogP contribution in [0.5, 0.6) is 5.88 Å². The molecular weight excluding hydrogens is 200 g/mol. The fourth-order valence-corrected chi connectivity index (χ4v) is 1.69. The van der Waals surface area contributed by atoms with Gasteiger partial charge in [0.2, 0.25) is 5.88 Å². The molecule has 16 heavy (non-hydrogen) atoms. The average molecular weight is 214 g/mol. The number of methoxy groups -OCH3 is 1. The van der Waals surface area contributed by atoms with Crippen molar-refractivity contribution in [2.75, 3.05) is 7.11 Å². The van der Waals surface area contributed by atoms with E-state index in [4.69, 9.17) is 4.74 Å². The predicted octanol–water partition coefficient (Wildman–Crippen LogP) is 2.77. The maximum atomic E-state index is 5.13. The van der Waals surface area contributed by atoms with Gasteiger partial charge in [0.05, 0.1) is 12.8 Å². The Hall–Kier alpha value is -1.90. The average Bonchev–Trinajstić information content (AvgIpc) is 2.29. The Morgan fingerprint density at radius 1 is 1.12 bits per heavy atom. The Balaban J connectivity index is 2.50. The van der Waals surface area contributed by atoms with E-state index in [2.05, 4.69) is 9.97 Å². The zero-order valence-corrected chi connectivity index (χ0v) is 9.69. The normalized spacial score (nSPS) is 10.2. The molecule has 0 bridgehead atoms. The van der Waals surface area contributed by atoms with Crippen molar-refractivity contribution in [2.45, 2.75) is 13.8 Å². The van der Waals surface area contributed by atoms with E-state index in [9.17, 15) is 0 Å². The molecule has 0 atom stereocenters. The molecule has 0 aliphatic heterocycles. The van der Waals surface area contributed by atoms with Gasteiger partial charge in [0, 0.05) is 23.5 Å². The Labute approximate surface area is 95.1 Å². The molecule has 2 rings (SSSR count). The van der Waals surface area contributed by atoms with Gasteiger partial charge in [-0.2, -0.15) is 0 Å². The maximum absolute atomic E-state index is 5.13. The largest absolute Gasteiger partial charge is 0.481 e. The molecule has 0 aliphatic rings. The molecule has 0 unspecified atom stereocenters. The molecule has 82 valence electrons. The topological polar surface area (TPSA) is 35.0 Å². The smallest absolute Gasteiger partial charge is 0.215 e. The maximum Gasteiger partial charge on any atom is 0.215 e. The van der Waals surface area contributed by atoms with Crippen LogP contribution in [0.15, 0.2) is 30.6 Å². The van der Waals surface area contributed by atoms with Crippen molar-refractivity contribution in [2.24, 2.45) is 0 Å². The number of aryl methyl sites for hydroxylation is 2. The highest BCUT2D eigenvalue weighted by molar-refractivity contribution is 5.63. The van der Waals surface area contributed by atoms with Gasteiger partial charge in [-0.1, -0.05) is 6.07 Å². The van der Waals surface area contributed by atoms with Gasteiger partial charge in [0.25, 0.3) is 0 Å². The molecule has 0 amide bonds. The van der Waals surface area contributed by atoms with Gasteiger partial charge in [-0.25, -0.2) is 4.98 Å². The van der Waals surface area contributed by atoms with E-state index in [0.717, 1.165) is 22.4 Å². The van der Waals surface area contributed by atoms with Crippen molar-refractivity contribution < 1.29 is 4.74 Å². The number of ether oxygens (including phenoxy) is 1. The Morgan fingerprint density at radius 2 is 1.94 bits per heavy atom. The van der Waals surface area contributed by atoms with Crippen molar-refractivity contribution >= 4 is 0 Å². The Morgan fingerprint density at radius 3 is 2.56 bits per heavy atom. The predicted molar refractivity (Wildman–Crippen MR) is 63.5 cm³/mol. The summed E-state index contributed by atoms with van der Waals surface area (Å²) in [6.07, 6.45) is 3.59. The Kier molecular flexibility index (Phi) is 2.86. The van der Waals surface area contributed by atoms with Gasteiger partial charge >= 0.3 is 0 Å². The van der Waals surface area contributed by atoms with Crippen LogP contribution >= 0.6 is 0 Å². The molecule has 0 aliphatic carbocycles. The highest BCUT2D eigenvalue weighted by Gasteiger charge is 2.06. The van der Waals surface area contributed by atoms with Crippen LogP contribution in [0, 0.1) is 13.8 Å². The monoisotopic (exact) mass is 214 g/mol. The Bertz CT molecular complexity index is 509. The second-order valence-electron chi connectivity index (χ2n) is 3.72. The van der Waals surface area contributed by atoms with Crippen LogP contribution in [0.3, 0.4) is 0 Å². The lowest BCUT2D eigenvalue weighted by atomic mass is 10.1. The summed E-state index contributed by atoms with van der Waals surface area (Å²) in [7, 11) is 1.63. The highest BCUT2D eigenvalue weighted by Crippen LogP contribution is 2.24. The van der Waals surface area contributed by atoms with Crippen LogP contribution in [0.2, 0.25) is 0 Å². The summed E-state index contributed by atoms with van der Waals surface area (Å²) < 4.78 is 5.13. The van der Waals surface area contributed by atoms with Crippen molar-refractivity contribution in [1.82, 2.24) is 9.97 Å². The van der Waals surface area contributed by atoms with Gasteiger partial charge < -0.3 is 4.74 Å². The van der Waals surface area contributed by atoms with E-state index in [1.54, 1.807) is 19.5 Å². The fraction of sp³-hybridized carbons (Fsp3) is 0.231. The zero-order chi connectivity index (χ0) is 11.5. The third-order valence-corrected chi connectivity index (χ3v) is 2.51. The quantitative estimate of drug-likeness (QED) is 0.771. The summed E-state index contributed by atoms with van der Waals surface area (Å²) in [5.41, 5.74) is 4.16. The summed E-state index contributed by atoms with van der Waals surface area (Å²) >= 11 is 0. The summed E-state index contributed by atoms with van der Waals surface area (Å²) in [5.74, 6) is 0.664. The summed E-state index contributed by atoms with van der Waals surface area (Å²) in [4.78, 5) is 8.62. The first-order valence-electron chi connectivity index (χ1n) is 5.15. The summed E-state index contributed by atoms with van der Waals surface area (Å²) in [5, 5.41) is 0. The first-order valence-corrected chi connectivity index (χ1v) is 5.15. The van der Waals surface area contributed by atoms with Gasteiger partial charge in [-0.05, 0) is 31.5 Å². The summed E-state index contributed by atoms with van der Waals surface area (Å²) in [6, 6.07) is 6.02. The van der Waals surface area contributed by atoms with Gasteiger partial charge in [0.1, 0.15) is 0 Å². The number of hydrogen-bond donors (Lipinski definition) is 0. The third kappa shape index (κ3) is 1.89. The number of hydrogen-bond acceptors (Lipinski definition) is 3. The van der Waals surface area contributed by atoms with E-state index in [1.165, 1.54) is 0 Å². The molecule has 0 N–H and O–H groups in total. The lowest BCUT2D eigenvalue weighted by Gasteiger charge is -2.07. The minimum atomic E-state index is 0.664. The van der Waals surface area contributed by atoms with Crippen molar-refractivity contribution in [3.63, 3.8) is 0 Å². The molecule has 2 aromatic rings. The second kappa shape index (κ2) is 4.31. The minimum absolute atomic E-state index is 0.664. The third-order valence-electron chi connectivity index (χ3n) is 2.51. The zero-order valence-electron chi connectivity index (χ0n) is 9.69. The minimum Gasteiger partial charge on any atom is -0.481 e. The molecule has 3 heteroatoms. The molecular formula is C13H14N2O. The summed E-state index contributed by atoms with van der Waals surface area (Å²) in [6.45, 7) is 4.02. The molecule has 2 aromatic heterocycles. The van der Waals surface area contributed by atoms with Crippen LogP contribution in [0.4, 0.5) is 0 Å². The van der Waals surface area contributed by atoms with E-state index in [1.807, 2.05) is 32.0 Å². The van der Waals surface area contributed by atoms with E-state index in [0.29, 0.717) is 5.88 Å². The van der Waals surface area contributed by atoms with Crippen LogP contribution in [-0.2, 0) is 0 Å². The van der Waals surface area contributed by atoms with E-state index in [-0.39, 0.29) is 0 Å². The lowest BCUT2D eigenvalue weighted by Crippen LogP contribution is -1.94. The van der Waals surface area contributed by atoms with E-state index < -0.39 is 0 Å². The van der Waals surface area contributed by atoms with Crippen LogP contribution < -0.4 is 4.74 Å². The number of rotatable bonds is 2. The highest BCUT2D eigenvalue weighted by atomic mass is 16.5. The molecule has 0 aromatic carbocycles. The van der Waals surface area contributed by atoms with Crippen molar-refractivity contribution in [3.8, 4) is 17.1 Å². The number of aromatic nitrogens is 2. The van der Waals surface area contributed by atoms with Crippen LogP contribution in [0.25, 0.3) is 11.3 Å². The second-order valence-corrected chi connectivity index (χ2v) is 3.72. The standard InChI is InChI=1S/C13H14N2O/c1-9-5-4-6-14-12(9)11-7-10(2)13(16-3)15-8-11/h4-8H,1-3H3. The van der Waals surface area contributed by atoms with E-state index >= 15 is 0 Å². The van der Waals surface area contributed by atoms with Gasteiger partial charge in [-0.3, -0.25) is 4.98 Å². The number of nitrogens with zero attached hydrogens (tertiary/aromatic N) is 2. The first kappa shape index (κ1) is 10.6. The first-order chi connectivity index (χ1) is 7.72. The van der Waals surface area contributed by atoms with Crippen molar-refractivity contribution in [3.05, 3.63) is 41.7 Å². The molecule has 0 radical (unpaired) electrons.